The first-order valence-electron chi connectivity index (χ1n) is 3.05. The third kappa shape index (κ3) is 1.88. The Bertz CT molecular complexity index is 119. The van der Waals surface area contributed by atoms with Gasteiger partial charge in [-0.25, -0.2) is 13.2 Å². The molecule has 0 saturated heterocycles. The lowest BCUT2D eigenvalue weighted by molar-refractivity contribution is -0.0397. The lowest BCUT2D eigenvalue weighted by atomic mass is 9.87. The summed E-state index contributed by atoms with van der Waals surface area (Å²) in [5.41, 5.74) is 0. The molecular weight excluding hydrogens is 159 g/mol. The second-order valence-electron chi connectivity index (χ2n) is 2.81. The van der Waals surface area contributed by atoms with Gasteiger partial charge in [-0.15, -0.1) is 0 Å². The first-order chi connectivity index (χ1) is 4.19. The van der Waals surface area contributed by atoms with Crippen molar-refractivity contribution in [1.29, 1.82) is 0 Å². The minimum absolute atomic E-state index is 0.583. The predicted molar refractivity (Wildman–Crippen MR) is 41.9 cm³/mol. The Kier molecular flexibility index (Phi) is 2.81. The molecule has 0 aliphatic rings. The third-order valence-corrected chi connectivity index (χ3v) is 2.69. The van der Waals surface area contributed by atoms with Crippen LogP contribution in [0.25, 0.3) is 0 Å². The molecule has 0 saturated carbocycles. The highest BCUT2D eigenvalue weighted by molar-refractivity contribution is 7.19. The van der Waals surface area contributed by atoms with Crippen molar-refractivity contribution in [2.45, 2.75) is 25.1 Å². The number of halogens is 3. The highest BCUT2D eigenvalue weighted by Gasteiger charge is 2.48. The van der Waals surface area contributed by atoms with Gasteiger partial charge in [0.25, 0.3) is 0 Å². The molecule has 2 unspecified atom stereocenters. The molecule has 0 fully saturated rings. The van der Waals surface area contributed by atoms with E-state index in [2.05, 4.69) is 0 Å². The Balaban J connectivity index is 4.40. The van der Waals surface area contributed by atoms with Gasteiger partial charge in [-0.3, -0.25) is 0 Å². The van der Waals surface area contributed by atoms with Crippen LogP contribution in [0.3, 0.4) is 0 Å². The van der Waals surface area contributed by atoms with Crippen molar-refractivity contribution in [3.63, 3.8) is 0 Å². The number of hydrogen-bond donors (Lipinski definition) is 0. The molecule has 0 N–H and O–H groups in total. The van der Waals surface area contributed by atoms with Gasteiger partial charge in [-0.2, -0.15) is 0 Å². The van der Waals surface area contributed by atoms with Crippen molar-refractivity contribution in [1.82, 2.24) is 0 Å². The van der Waals surface area contributed by atoms with E-state index in [0.717, 1.165) is 0 Å². The molecule has 0 radical (unpaired) electrons. The summed E-state index contributed by atoms with van der Waals surface area (Å²) in [6, 6.07) is 0. The van der Waals surface area contributed by atoms with Gasteiger partial charge in [0, 0.05) is 0 Å². The molecule has 0 spiro atoms. The molecule has 60 valence electrons. The van der Waals surface area contributed by atoms with Crippen LogP contribution in [-0.2, 0) is 0 Å². The maximum Gasteiger partial charge on any atom is 0.243 e. The van der Waals surface area contributed by atoms with E-state index in [1.54, 1.807) is 9.24 Å². The van der Waals surface area contributed by atoms with Gasteiger partial charge < -0.3 is 0 Å². The molecular formula is C5H11BF3P. The summed E-state index contributed by atoms with van der Waals surface area (Å²) in [7, 11) is 2.14. The zero-order chi connectivity index (χ0) is 8.58. The average Bonchev–Trinajstić information content (AvgIpc) is 1.62. The minimum atomic E-state index is -3.29. The van der Waals surface area contributed by atoms with Crippen LogP contribution >= 0.6 is 9.24 Å². The van der Waals surface area contributed by atoms with Gasteiger partial charge in [0.15, 0.2) is 13.3 Å². The molecule has 0 aromatic heterocycles. The Labute approximate surface area is 62.2 Å². The van der Waals surface area contributed by atoms with E-state index >= 15 is 0 Å². The molecule has 0 aliphatic carbocycles. The zero-order valence-electron chi connectivity index (χ0n) is 6.29. The molecule has 0 aromatic rings. The number of hydrogen-bond acceptors (Lipinski definition) is 0. The highest BCUT2D eigenvalue weighted by atomic mass is 31.0. The van der Waals surface area contributed by atoms with E-state index in [4.69, 9.17) is 0 Å². The first-order valence-corrected chi connectivity index (χ1v) is 3.63. The lowest BCUT2D eigenvalue weighted by Crippen LogP contribution is -2.43. The predicted octanol–water partition coefficient (Wildman–Crippen LogP) is 1.41. The smallest absolute Gasteiger partial charge is 0.234 e. The van der Waals surface area contributed by atoms with Gasteiger partial charge in [0.1, 0.15) is 0 Å². The van der Waals surface area contributed by atoms with Crippen LogP contribution in [0, 0.1) is 5.92 Å². The summed E-state index contributed by atoms with van der Waals surface area (Å²) in [6.45, 7) is 2.84. The minimum Gasteiger partial charge on any atom is -0.234 e. The average molecular weight is 170 g/mol. The monoisotopic (exact) mass is 170 g/mol. The summed E-state index contributed by atoms with van der Waals surface area (Å²) in [4.78, 5) is 0. The fourth-order valence-electron chi connectivity index (χ4n) is 0.507. The molecule has 0 rings (SSSR count). The Morgan fingerprint density at radius 3 is 1.60 bits per heavy atom. The van der Waals surface area contributed by atoms with Gasteiger partial charge >= 0.3 is 0 Å². The number of alkyl halides is 3. The van der Waals surface area contributed by atoms with Gasteiger partial charge in [0.05, 0.1) is 0 Å². The first kappa shape index (κ1) is 10.3. The Morgan fingerprint density at radius 2 is 1.60 bits per heavy atom. The van der Waals surface area contributed by atoms with Gasteiger partial charge in [0.2, 0.25) is 5.82 Å². The van der Waals surface area contributed by atoms with Crippen LogP contribution in [0.15, 0.2) is 0 Å². The van der Waals surface area contributed by atoms with E-state index in [-0.39, 0.29) is 0 Å². The van der Waals surface area contributed by atoms with Crippen LogP contribution in [0.4, 0.5) is 13.2 Å². The largest absolute Gasteiger partial charge is 0.243 e. The van der Waals surface area contributed by atoms with E-state index in [9.17, 15) is 13.2 Å². The lowest BCUT2D eigenvalue weighted by Gasteiger charge is -2.30. The molecule has 2 atom stereocenters. The van der Waals surface area contributed by atoms with Crippen LogP contribution in [0.1, 0.15) is 13.8 Å². The van der Waals surface area contributed by atoms with Crippen molar-refractivity contribution in [3.05, 3.63) is 0 Å². The summed E-state index contributed by atoms with van der Waals surface area (Å²) in [6.07, 6.45) is 0. The summed E-state index contributed by atoms with van der Waals surface area (Å²) in [5.74, 6) is -3.98. The molecule has 10 heavy (non-hydrogen) atoms. The standard InChI is InChI=1S/C5H11BF3P/c1-3(2)4(7,10)5(6,8)9/h3H,6,10H2,1-2H3. The molecule has 0 heterocycles. The summed E-state index contributed by atoms with van der Waals surface area (Å²) in [5, 5.41) is -2.48. The van der Waals surface area contributed by atoms with Crippen LogP contribution in [0.5, 0.6) is 0 Å². The molecule has 0 nitrogen and oxygen atoms in total. The molecule has 0 aromatic carbocycles. The van der Waals surface area contributed by atoms with E-state index in [1.165, 1.54) is 13.8 Å². The summed E-state index contributed by atoms with van der Waals surface area (Å²) < 4.78 is 37.6. The van der Waals surface area contributed by atoms with Crippen molar-refractivity contribution in [2.75, 3.05) is 0 Å². The normalized spacial score (nSPS) is 19.1. The topological polar surface area (TPSA) is 0 Å². The van der Waals surface area contributed by atoms with Crippen LogP contribution in [0.2, 0.25) is 0 Å². The van der Waals surface area contributed by atoms with Crippen molar-refractivity contribution in [3.8, 4) is 0 Å². The van der Waals surface area contributed by atoms with E-state index in [1.807, 2.05) is 0 Å². The fraction of sp³-hybridized carbons (Fsp3) is 1.00. The second kappa shape index (κ2) is 2.73. The van der Waals surface area contributed by atoms with Crippen LogP contribution in [-0.4, -0.2) is 19.1 Å². The van der Waals surface area contributed by atoms with Crippen molar-refractivity contribution >= 4 is 17.1 Å². The fourth-order valence-corrected chi connectivity index (χ4v) is 0.507. The van der Waals surface area contributed by atoms with Crippen LogP contribution < -0.4 is 0 Å². The maximum absolute atomic E-state index is 12.9. The molecule has 0 bridgehead atoms. The molecule has 0 aliphatic heterocycles. The highest BCUT2D eigenvalue weighted by Crippen LogP contribution is 2.41. The van der Waals surface area contributed by atoms with E-state index in [0.29, 0.717) is 7.85 Å². The SMILES string of the molecule is BC(F)(F)C(F)(P)C(C)C. The Hall–Kier alpha value is 0.285. The zero-order valence-corrected chi connectivity index (χ0v) is 7.44. The van der Waals surface area contributed by atoms with E-state index < -0.39 is 17.1 Å². The quantitative estimate of drug-likeness (QED) is 0.434. The second-order valence-corrected chi connectivity index (χ2v) is 3.65. The van der Waals surface area contributed by atoms with Gasteiger partial charge in [-0.1, -0.05) is 23.1 Å². The maximum atomic E-state index is 12.9. The molecule has 5 heteroatoms. The number of rotatable bonds is 2. The molecule has 0 amide bonds. The van der Waals surface area contributed by atoms with Crippen molar-refractivity contribution < 1.29 is 13.2 Å². The third-order valence-electron chi connectivity index (χ3n) is 1.51. The van der Waals surface area contributed by atoms with Crippen molar-refractivity contribution in [2.24, 2.45) is 5.92 Å². The Morgan fingerprint density at radius 1 is 1.30 bits per heavy atom. The summed E-state index contributed by atoms with van der Waals surface area (Å²) >= 11 is 0. The van der Waals surface area contributed by atoms with Gasteiger partial charge in [-0.05, 0) is 5.92 Å².